The number of nitrogens with two attached hydrogens (primary N) is 3. The molecule has 0 aliphatic heterocycles. The minimum absolute atomic E-state index is 0.0697. The number of benzene rings is 2. The van der Waals surface area contributed by atoms with Crippen LogP contribution in [0.5, 0.6) is 11.5 Å². The minimum atomic E-state index is -2.07. The average molecular weight is 515 g/mol. The number of carbonyl (C=O) groups excluding carboxylic acids is 3. The first kappa shape index (κ1) is 29.1. The van der Waals surface area contributed by atoms with Crippen molar-refractivity contribution < 1.29 is 34.4 Å². The molecule has 0 spiro atoms. The van der Waals surface area contributed by atoms with E-state index < -0.39 is 28.7 Å². The van der Waals surface area contributed by atoms with Gasteiger partial charge in [0.25, 0.3) is 0 Å². The third kappa shape index (κ3) is 7.94. The van der Waals surface area contributed by atoms with Crippen molar-refractivity contribution in [3.05, 3.63) is 59.7 Å². The fraction of sp³-hybridized carbons (Fsp3) is 0.385. The Kier molecular flexibility index (Phi) is 10.0. The maximum Gasteiger partial charge on any atom is 0.382 e. The average Bonchev–Trinajstić information content (AvgIpc) is 2.85. The van der Waals surface area contributed by atoms with E-state index in [1.54, 1.807) is 48.5 Å². The van der Waals surface area contributed by atoms with Gasteiger partial charge < -0.3 is 27.4 Å². The molecule has 11 heteroatoms. The Bertz CT molecular complexity index is 1070. The minimum Gasteiger partial charge on any atom is -0.508 e. The standard InChI is InChI=1S/C26H34N4O7/c1-17(31)36-37-23(35)26(29,15-4-16-30-24(27)28)22(34)5-3-14-25(2,18-6-10-20(32)11-7-18)19-8-12-21(33)13-9-19/h6-13,32-33H,3-5,14-16,29H2,1-2H3,(H4,27,28,30). The first-order valence-electron chi connectivity index (χ1n) is 11.7. The van der Waals surface area contributed by atoms with E-state index in [-0.39, 0.29) is 43.3 Å². The summed E-state index contributed by atoms with van der Waals surface area (Å²) in [6.45, 7) is 3.16. The van der Waals surface area contributed by atoms with Gasteiger partial charge in [0, 0.05) is 25.3 Å². The van der Waals surface area contributed by atoms with Crippen molar-refractivity contribution in [2.45, 2.75) is 56.9 Å². The lowest BCUT2D eigenvalue weighted by molar-refractivity contribution is -0.261. The topological polar surface area (TPSA) is 201 Å². The van der Waals surface area contributed by atoms with E-state index >= 15 is 0 Å². The van der Waals surface area contributed by atoms with Crippen LogP contribution in [0, 0.1) is 0 Å². The second kappa shape index (κ2) is 12.7. The van der Waals surface area contributed by atoms with Gasteiger partial charge in [-0.25, -0.2) is 19.4 Å². The van der Waals surface area contributed by atoms with Gasteiger partial charge in [-0.3, -0.25) is 9.79 Å². The quantitative estimate of drug-likeness (QED) is 0.0695. The van der Waals surface area contributed by atoms with Crippen molar-refractivity contribution in [1.82, 2.24) is 0 Å². The molecule has 37 heavy (non-hydrogen) atoms. The van der Waals surface area contributed by atoms with Crippen LogP contribution in [-0.4, -0.2) is 46.0 Å². The number of phenolic OH excluding ortho intramolecular Hbond substituents is 2. The van der Waals surface area contributed by atoms with Gasteiger partial charge in [-0.1, -0.05) is 31.2 Å². The largest absolute Gasteiger partial charge is 0.508 e. The van der Waals surface area contributed by atoms with Crippen molar-refractivity contribution in [3.63, 3.8) is 0 Å². The number of hydrogen-bond donors (Lipinski definition) is 5. The van der Waals surface area contributed by atoms with Crippen LogP contribution in [0.4, 0.5) is 0 Å². The Morgan fingerprint density at radius 1 is 0.865 bits per heavy atom. The normalized spacial score (nSPS) is 12.7. The van der Waals surface area contributed by atoms with E-state index in [0.717, 1.165) is 18.1 Å². The highest BCUT2D eigenvalue weighted by Gasteiger charge is 2.44. The van der Waals surface area contributed by atoms with E-state index in [9.17, 15) is 24.6 Å². The molecular formula is C26H34N4O7. The highest BCUT2D eigenvalue weighted by atomic mass is 17.2. The molecule has 2 aromatic rings. The van der Waals surface area contributed by atoms with Crippen LogP contribution in [0.1, 0.15) is 57.1 Å². The lowest BCUT2D eigenvalue weighted by Crippen LogP contribution is -2.56. The van der Waals surface area contributed by atoms with Crippen LogP contribution in [0.25, 0.3) is 0 Å². The third-order valence-corrected chi connectivity index (χ3v) is 6.21. The van der Waals surface area contributed by atoms with Gasteiger partial charge in [0.15, 0.2) is 17.3 Å². The number of Topliss-reactive ketones (excluding diaryl/α,β-unsaturated/α-hetero) is 1. The number of hydrogen-bond acceptors (Lipinski definition) is 9. The summed E-state index contributed by atoms with van der Waals surface area (Å²) in [6.07, 6.45) is 0.811. The van der Waals surface area contributed by atoms with Crippen LogP contribution < -0.4 is 17.2 Å². The molecule has 1 atom stereocenters. The molecule has 8 N–H and O–H groups in total. The van der Waals surface area contributed by atoms with Crippen LogP contribution >= 0.6 is 0 Å². The second-order valence-corrected chi connectivity index (χ2v) is 9.03. The molecule has 0 fully saturated rings. The zero-order valence-electron chi connectivity index (χ0n) is 21.0. The Hall–Kier alpha value is -4.12. The number of aliphatic imine (C=N–C) groups is 1. The van der Waals surface area contributed by atoms with E-state index in [4.69, 9.17) is 17.2 Å². The summed E-state index contributed by atoms with van der Waals surface area (Å²) >= 11 is 0. The molecule has 200 valence electrons. The van der Waals surface area contributed by atoms with Crippen molar-refractivity contribution in [2.24, 2.45) is 22.2 Å². The summed E-state index contributed by atoms with van der Waals surface area (Å²) in [4.78, 5) is 49.6. The Morgan fingerprint density at radius 2 is 1.38 bits per heavy atom. The lowest BCUT2D eigenvalue weighted by Gasteiger charge is -2.32. The van der Waals surface area contributed by atoms with E-state index in [0.29, 0.717) is 12.8 Å². The molecule has 0 aliphatic carbocycles. The second-order valence-electron chi connectivity index (χ2n) is 9.03. The molecule has 1 unspecified atom stereocenters. The summed E-state index contributed by atoms with van der Waals surface area (Å²) in [5.74, 6) is -2.55. The van der Waals surface area contributed by atoms with Crippen molar-refractivity contribution in [3.8, 4) is 11.5 Å². The Labute approximate surface area is 215 Å². The lowest BCUT2D eigenvalue weighted by atomic mass is 9.72. The number of ketones is 1. The molecule has 2 rings (SSSR count). The molecule has 0 heterocycles. The number of aromatic hydroxyl groups is 2. The number of phenols is 2. The molecule has 0 bridgehead atoms. The van der Waals surface area contributed by atoms with Crippen LogP contribution in [-0.2, 0) is 29.6 Å². The smallest absolute Gasteiger partial charge is 0.382 e. The van der Waals surface area contributed by atoms with Crippen LogP contribution in [0.3, 0.4) is 0 Å². The highest BCUT2D eigenvalue weighted by molar-refractivity contribution is 6.08. The number of carbonyl (C=O) groups is 3. The van der Waals surface area contributed by atoms with Gasteiger partial charge in [0.1, 0.15) is 11.5 Å². The molecular weight excluding hydrogens is 480 g/mol. The zero-order chi connectivity index (χ0) is 27.6. The summed E-state index contributed by atoms with van der Waals surface area (Å²) in [7, 11) is 0. The molecule has 0 aromatic heterocycles. The number of rotatable bonds is 12. The molecule has 0 saturated carbocycles. The molecule has 0 saturated heterocycles. The molecule has 0 amide bonds. The van der Waals surface area contributed by atoms with E-state index in [1.165, 1.54) is 0 Å². The molecule has 2 aromatic carbocycles. The van der Waals surface area contributed by atoms with Crippen molar-refractivity contribution in [2.75, 3.05) is 6.54 Å². The highest BCUT2D eigenvalue weighted by Crippen LogP contribution is 2.38. The Balaban J connectivity index is 2.22. The fourth-order valence-electron chi connectivity index (χ4n) is 4.03. The maximum absolute atomic E-state index is 13.2. The van der Waals surface area contributed by atoms with Gasteiger partial charge in [-0.05, 0) is 61.1 Å². The van der Waals surface area contributed by atoms with Crippen LogP contribution in [0.2, 0.25) is 0 Å². The van der Waals surface area contributed by atoms with Gasteiger partial charge >= 0.3 is 11.9 Å². The Morgan fingerprint density at radius 3 is 1.84 bits per heavy atom. The van der Waals surface area contributed by atoms with Crippen molar-refractivity contribution in [1.29, 1.82) is 0 Å². The third-order valence-electron chi connectivity index (χ3n) is 6.21. The van der Waals surface area contributed by atoms with Gasteiger partial charge in [0.2, 0.25) is 0 Å². The van der Waals surface area contributed by atoms with E-state index in [1.807, 2.05) is 6.92 Å². The predicted octanol–water partition coefficient (Wildman–Crippen LogP) is 1.92. The fourth-order valence-corrected chi connectivity index (χ4v) is 4.03. The SMILES string of the molecule is CC(=O)OOC(=O)C(N)(CCCN=C(N)N)C(=O)CCCC(C)(c1ccc(O)cc1)c1ccc(O)cc1. The molecule has 11 nitrogen and oxygen atoms in total. The monoisotopic (exact) mass is 514 g/mol. The summed E-state index contributed by atoms with van der Waals surface area (Å²) in [6, 6.07) is 13.5. The maximum atomic E-state index is 13.2. The van der Waals surface area contributed by atoms with Gasteiger partial charge in [-0.2, -0.15) is 0 Å². The molecule has 0 radical (unpaired) electrons. The number of nitrogens with zero attached hydrogens (tertiary/aromatic N) is 1. The zero-order valence-corrected chi connectivity index (χ0v) is 21.0. The first-order valence-corrected chi connectivity index (χ1v) is 11.7. The summed E-state index contributed by atoms with van der Waals surface area (Å²) in [5.41, 5.74) is 15.9. The van der Waals surface area contributed by atoms with Crippen molar-refractivity contribution >= 4 is 23.7 Å². The summed E-state index contributed by atoms with van der Waals surface area (Å²) < 4.78 is 0. The summed E-state index contributed by atoms with van der Waals surface area (Å²) in [5, 5.41) is 19.5. The van der Waals surface area contributed by atoms with E-state index in [2.05, 4.69) is 14.8 Å². The van der Waals surface area contributed by atoms with Crippen LogP contribution in [0.15, 0.2) is 53.5 Å². The molecule has 0 aliphatic rings. The van der Waals surface area contributed by atoms with Gasteiger partial charge in [-0.15, -0.1) is 0 Å². The number of guanidine groups is 1. The predicted molar refractivity (Wildman–Crippen MR) is 136 cm³/mol. The van der Waals surface area contributed by atoms with Gasteiger partial charge in [0.05, 0.1) is 0 Å². The first-order chi connectivity index (χ1) is 17.4.